The minimum absolute atomic E-state index is 0.0207. The Morgan fingerprint density at radius 3 is 2.21 bits per heavy atom. The van der Waals surface area contributed by atoms with Crippen LogP contribution < -0.4 is 9.47 Å². The number of carboxylic acids is 1. The van der Waals surface area contributed by atoms with Crippen molar-refractivity contribution in [1.82, 2.24) is 0 Å². The minimum atomic E-state index is -4.99. The summed E-state index contributed by atoms with van der Waals surface area (Å²) in [6.45, 7) is 0. The summed E-state index contributed by atoms with van der Waals surface area (Å²) in [7, 11) is 0. The first kappa shape index (κ1) is 20.8. The van der Waals surface area contributed by atoms with E-state index in [2.05, 4.69) is 0 Å². The topological polar surface area (TPSA) is 55.8 Å². The van der Waals surface area contributed by atoms with Crippen LogP contribution in [0.1, 0.15) is 11.1 Å². The summed E-state index contributed by atoms with van der Waals surface area (Å²) < 4.78 is 87.3. The molecule has 11 heteroatoms. The van der Waals surface area contributed by atoms with E-state index in [9.17, 15) is 31.1 Å². The van der Waals surface area contributed by atoms with Gasteiger partial charge in [-0.2, -0.15) is 26.3 Å². The van der Waals surface area contributed by atoms with Gasteiger partial charge in [-0.3, -0.25) is 0 Å². The summed E-state index contributed by atoms with van der Waals surface area (Å²) in [4.78, 5) is 11.1. The maximum atomic E-state index is 13.1. The fourth-order valence-electron chi connectivity index (χ4n) is 2.53. The highest BCUT2D eigenvalue weighted by atomic mass is 35.5. The molecule has 0 fully saturated rings. The lowest BCUT2D eigenvalue weighted by molar-refractivity contribution is -0.187. The molecular weight excluding hydrogens is 430 g/mol. The van der Waals surface area contributed by atoms with Gasteiger partial charge in [0.05, 0.1) is 16.2 Å². The number of aliphatic carboxylic acids is 1. The van der Waals surface area contributed by atoms with Crippen molar-refractivity contribution < 1.29 is 45.7 Å². The molecule has 0 aromatic heterocycles. The Bertz CT molecular complexity index is 980. The standard InChI is InChI=1S/C18H9ClF6O4/c19-12-6-8-5-11(16(26)27)15(18(23,24)25)29-13(8)7-14(12)28-10-3-1-9(2-4-10)17(20,21)22/h1-7,15H,(H,26,27). The lowest BCUT2D eigenvalue weighted by atomic mass is 10.0. The summed E-state index contributed by atoms with van der Waals surface area (Å²) in [5, 5.41) is 8.90. The molecule has 0 aliphatic carbocycles. The molecule has 1 atom stereocenters. The fourth-order valence-corrected chi connectivity index (χ4v) is 2.74. The molecule has 0 bridgehead atoms. The quantitative estimate of drug-likeness (QED) is 0.602. The molecule has 1 heterocycles. The largest absolute Gasteiger partial charge is 0.478 e. The van der Waals surface area contributed by atoms with Crippen molar-refractivity contribution in [2.75, 3.05) is 0 Å². The second-order valence-corrected chi connectivity index (χ2v) is 6.30. The second kappa shape index (κ2) is 7.18. The highest BCUT2D eigenvalue weighted by Gasteiger charge is 2.48. The minimum Gasteiger partial charge on any atom is -0.478 e. The normalized spacial score (nSPS) is 16.5. The Hall–Kier alpha value is -2.88. The molecule has 1 unspecified atom stereocenters. The van der Waals surface area contributed by atoms with Crippen molar-refractivity contribution in [3.05, 3.63) is 58.1 Å². The molecule has 1 aliphatic rings. The van der Waals surface area contributed by atoms with Crippen molar-refractivity contribution in [2.24, 2.45) is 0 Å². The average molecular weight is 439 g/mol. The Morgan fingerprint density at radius 2 is 1.69 bits per heavy atom. The van der Waals surface area contributed by atoms with Gasteiger partial charge < -0.3 is 14.6 Å². The highest BCUT2D eigenvalue weighted by Crippen LogP contribution is 2.42. The van der Waals surface area contributed by atoms with Gasteiger partial charge in [-0.05, 0) is 36.4 Å². The van der Waals surface area contributed by atoms with Crippen molar-refractivity contribution in [3.63, 3.8) is 0 Å². The Morgan fingerprint density at radius 1 is 1.07 bits per heavy atom. The molecule has 29 heavy (non-hydrogen) atoms. The Labute approximate surface area is 163 Å². The number of rotatable bonds is 3. The van der Waals surface area contributed by atoms with Crippen LogP contribution in [-0.4, -0.2) is 23.4 Å². The molecule has 3 rings (SSSR count). The zero-order chi connectivity index (χ0) is 21.6. The lowest BCUT2D eigenvalue weighted by Gasteiger charge is -2.27. The molecule has 0 amide bonds. The second-order valence-electron chi connectivity index (χ2n) is 5.89. The number of alkyl halides is 6. The van der Waals surface area contributed by atoms with E-state index >= 15 is 0 Å². The van der Waals surface area contributed by atoms with Crippen LogP contribution in [0.5, 0.6) is 17.2 Å². The zero-order valence-electron chi connectivity index (χ0n) is 13.9. The number of ether oxygens (including phenoxy) is 2. The van der Waals surface area contributed by atoms with E-state index in [1.807, 2.05) is 0 Å². The van der Waals surface area contributed by atoms with E-state index < -0.39 is 35.6 Å². The fraction of sp³-hybridized carbons (Fsp3) is 0.167. The molecule has 0 saturated heterocycles. The lowest BCUT2D eigenvalue weighted by Crippen LogP contribution is -2.40. The van der Waals surface area contributed by atoms with Crippen molar-refractivity contribution >= 4 is 23.6 Å². The predicted octanol–water partition coefficient (Wildman–Crippen LogP) is 5.94. The summed E-state index contributed by atoms with van der Waals surface area (Å²) >= 11 is 6.01. The molecule has 0 spiro atoms. The first-order valence-corrected chi connectivity index (χ1v) is 8.11. The molecule has 4 nitrogen and oxygen atoms in total. The van der Waals surface area contributed by atoms with Gasteiger partial charge in [0, 0.05) is 11.6 Å². The molecule has 154 valence electrons. The Balaban J connectivity index is 1.94. The SMILES string of the molecule is O=C(O)C1=Cc2cc(Cl)c(Oc3ccc(C(F)(F)F)cc3)cc2OC1C(F)(F)F. The van der Waals surface area contributed by atoms with Crippen molar-refractivity contribution in [2.45, 2.75) is 18.5 Å². The van der Waals surface area contributed by atoms with Crippen LogP contribution in [-0.2, 0) is 11.0 Å². The summed E-state index contributed by atoms with van der Waals surface area (Å²) in [5.74, 6) is -2.38. The monoisotopic (exact) mass is 438 g/mol. The number of benzene rings is 2. The summed E-state index contributed by atoms with van der Waals surface area (Å²) in [5.41, 5.74) is -1.95. The molecule has 1 N–H and O–H groups in total. The van der Waals surface area contributed by atoms with Crippen LogP contribution in [0.25, 0.3) is 6.08 Å². The third kappa shape index (κ3) is 4.42. The first-order chi connectivity index (χ1) is 13.4. The van der Waals surface area contributed by atoms with Crippen molar-refractivity contribution in [1.29, 1.82) is 0 Å². The van der Waals surface area contributed by atoms with Gasteiger partial charge in [0.1, 0.15) is 17.2 Å². The number of hydrogen-bond acceptors (Lipinski definition) is 3. The molecular formula is C18H9ClF6O4. The molecule has 2 aromatic rings. The highest BCUT2D eigenvalue weighted by molar-refractivity contribution is 6.32. The summed E-state index contributed by atoms with van der Waals surface area (Å²) in [6.07, 6.45) is -11.5. The van der Waals surface area contributed by atoms with Gasteiger partial charge in [0.15, 0.2) is 0 Å². The van der Waals surface area contributed by atoms with E-state index in [0.29, 0.717) is 0 Å². The predicted molar refractivity (Wildman–Crippen MR) is 89.1 cm³/mol. The van der Waals surface area contributed by atoms with E-state index in [4.69, 9.17) is 26.2 Å². The van der Waals surface area contributed by atoms with Crippen LogP contribution >= 0.6 is 11.6 Å². The first-order valence-electron chi connectivity index (χ1n) is 7.73. The van der Waals surface area contributed by atoms with Gasteiger partial charge in [0.2, 0.25) is 6.10 Å². The van der Waals surface area contributed by atoms with Crippen LogP contribution in [0.15, 0.2) is 42.0 Å². The van der Waals surface area contributed by atoms with Gasteiger partial charge in [-0.1, -0.05) is 11.6 Å². The number of carboxylic acid groups (broad SMARTS) is 1. The van der Waals surface area contributed by atoms with Gasteiger partial charge in [0.25, 0.3) is 0 Å². The third-order valence-corrected chi connectivity index (χ3v) is 4.15. The molecule has 0 radical (unpaired) electrons. The van der Waals surface area contributed by atoms with Gasteiger partial charge >= 0.3 is 18.3 Å². The maximum absolute atomic E-state index is 13.1. The number of fused-ring (bicyclic) bond motifs is 1. The molecule has 1 aliphatic heterocycles. The van der Waals surface area contributed by atoms with E-state index in [-0.39, 0.29) is 27.8 Å². The van der Waals surface area contributed by atoms with Crippen LogP contribution in [0, 0.1) is 0 Å². The van der Waals surface area contributed by atoms with E-state index in [1.165, 1.54) is 0 Å². The molecule has 2 aromatic carbocycles. The smallest absolute Gasteiger partial charge is 0.430 e. The third-order valence-electron chi connectivity index (χ3n) is 3.86. The maximum Gasteiger partial charge on any atom is 0.430 e. The van der Waals surface area contributed by atoms with Gasteiger partial charge in [-0.25, -0.2) is 4.79 Å². The van der Waals surface area contributed by atoms with Crippen molar-refractivity contribution in [3.8, 4) is 17.2 Å². The number of carbonyl (C=O) groups is 1. The molecule has 0 saturated carbocycles. The van der Waals surface area contributed by atoms with E-state index in [1.54, 1.807) is 0 Å². The van der Waals surface area contributed by atoms with E-state index in [0.717, 1.165) is 42.5 Å². The summed E-state index contributed by atoms with van der Waals surface area (Å²) in [6, 6.07) is 5.69. The number of hydrogen-bond donors (Lipinski definition) is 1. The van der Waals surface area contributed by atoms with Crippen LogP contribution in [0.3, 0.4) is 0 Å². The number of halogens is 7. The average Bonchev–Trinajstić information content (AvgIpc) is 2.60. The van der Waals surface area contributed by atoms with Crippen LogP contribution in [0.2, 0.25) is 5.02 Å². The van der Waals surface area contributed by atoms with Crippen LogP contribution in [0.4, 0.5) is 26.3 Å². The Kier molecular flexibility index (Phi) is 5.16. The zero-order valence-corrected chi connectivity index (χ0v) is 14.7. The van der Waals surface area contributed by atoms with Gasteiger partial charge in [-0.15, -0.1) is 0 Å².